The van der Waals surface area contributed by atoms with E-state index in [2.05, 4.69) is 0 Å². The van der Waals surface area contributed by atoms with Gasteiger partial charge in [0.15, 0.2) is 0 Å². The Bertz CT molecular complexity index is 218. The summed E-state index contributed by atoms with van der Waals surface area (Å²) in [6.45, 7) is 3.64. The maximum atomic E-state index is 12.6. The molecule has 1 aromatic rings. The maximum absolute atomic E-state index is 12.6. The van der Waals surface area contributed by atoms with Gasteiger partial charge in [-0.2, -0.15) is 0 Å². The summed E-state index contributed by atoms with van der Waals surface area (Å²) in [6, 6.07) is 5.22. The highest BCUT2D eigenvalue weighted by Gasteiger charge is 1.93. The first-order valence-corrected chi connectivity index (χ1v) is 2.93. The Morgan fingerprint density at radius 1 is 1.20 bits per heavy atom. The van der Waals surface area contributed by atoms with Crippen LogP contribution in [0.25, 0.3) is 0 Å². The van der Waals surface area contributed by atoms with Crippen molar-refractivity contribution in [1.29, 1.82) is 0 Å². The Balaban J connectivity index is 0.000000810. The lowest BCUT2D eigenvalue weighted by Gasteiger charge is -1.94. The lowest BCUT2D eigenvalue weighted by atomic mass is 10.2. The van der Waals surface area contributed by atoms with Crippen molar-refractivity contribution in [1.82, 2.24) is 0 Å². The van der Waals surface area contributed by atoms with Crippen LogP contribution in [0.4, 0.5) is 9.09 Å². The molecule has 1 aromatic carbocycles. The Morgan fingerprint density at radius 3 is 2.20 bits per heavy atom. The fraction of sp³-hybridized carbons (Fsp3) is 0.250. The second-order valence-electron chi connectivity index (χ2n) is 2.25. The highest BCUT2D eigenvalue weighted by Crippen LogP contribution is 2.06. The van der Waals surface area contributed by atoms with Crippen LogP contribution in [-0.4, -0.2) is 0 Å². The normalized spacial score (nSPS) is 8.70. The molecule has 0 nitrogen and oxygen atoms in total. The molecule has 0 spiro atoms. The molecule has 0 aliphatic carbocycles. The van der Waals surface area contributed by atoms with Crippen molar-refractivity contribution in [3.63, 3.8) is 0 Å². The summed E-state index contributed by atoms with van der Waals surface area (Å²) in [5, 5.41) is 0. The maximum Gasteiger partial charge on any atom is 0.126 e. The van der Waals surface area contributed by atoms with Gasteiger partial charge in [-0.1, -0.05) is 12.1 Å². The Hall–Kier alpha value is -0.920. The van der Waals surface area contributed by atoms with Crippen LogP contribution in [0.5, 0.6) is 0 Å². The lowest BCUT2D eigenvalue weighted by Crippen LogP contribution is -1.81. The average Bonchev–Trinajstić information content (AvgIpc) is 1.80. The number of halogens is 2. The van der Waals surface area contributed by atoms with Crippen molar-refractivity contribution < 1.29 is 9.09 Å². The van der Waals surface area contributed by atoms with Gasteiger partial charge in [0, 0.05) is 0 Å². The minimum Gasteiger partial charge on any atom is -0.269 e. The van der Waals surface area contributed by atoms with Gasteiger partial charge < -0.3 is 0 Å². The van der Waals surface area contributed by atoms with E-state index in [9.17, 15) is 4.39 Å². The molecule has 0 saturated carbocycles. The molecule has 0 N–H and O–H groups in total. The Labute approximate surface area is 59.1 Å². The molecule has 10 heavy (non-hydrogen) atoms. The molecule has 1 rings (SSSR count). The first kappa shape index (κ1) is 9.08. The van der Waals surface area contributed by atoms with Gasteiger partial charge in [-0.25, -0.2) is 4.39 Å². The van der Waals surface area contributed by atoms with Crippen molar-refractivity contribution in [3.05, 3.63) is 35.1 Å². The molecule has 0 aromatic heterocycles. The largest absolute Gasteiger partial charge is 0.269 e. The molecule has 0 unspecified atom stereocenters. The Morgan fingerprint density at radius 2 is 1.80 bits per heavy atom. The predicted molar refractivity (Wildman–Crippen MR) is 38.4 cm³/mol. The third-order valence-electron chi connectivity index (χ3n) is 1.33. The molecule has 0 amide bonds. The standard InChI is InChI=1S/C8H9F.FH/c1-6-3-4-7(2)8(9)5-6;/h3-5H,1-2H3;1H. The molecule has 0 fully saturated rings. The topological polar surface area (TPSA) is 0 Å². The number of aryl methyl sites for hydroxylation is 2. The van der Waals surface area contributed by atoms with Crippen LogP contribution in [0.1, 0.15) is 11.1 Å². The number of benzene rings is 1. The third kappa shape index (κ3) is 1.79. The number of hydrogen-bond acceptors (Lipinski definition) is 0. The summed E-state index contributed by atoms with van der Waals surface area (Å²) >= 11 is 0. The molecule has 0 atom stereocenters. The minimum atomic E-state index is -0.116. The molecule has 56 valence electrons. The van der Waals surface area contributed by atoms with Gasteiger partial charge in [0.1, 0.15) is 5.82 Å². The molecular formula is C8H10F2. The SMILES string of the molecule is Cc1ccc(C)c(F)c1.F. The second-order valence-corrected chi connectivity index (χ2v) is 2.25. The molecule has 0 radical (unpaired) electrons. The van der Waals surface area contributed by atoms with Gasteiger partial charge in [0.25, 0.3) is 0 Å². The zero-order valence-electron chi connectivity index (χ0n) is 6.02. The molecule has 0 aliphatic rings. The van der Waals surface area contributed by atoms with Crippen molar-refractivity contribution >= 4 is 0 Å². The van der Waals surface area contributed by atoms with E-state index in [0.717, 1.165) is 5.56 Å². The van der Waals surface area contributed by atoms with Crippen LogP contribution >= 0.6 is 0 Å². The minimum absolute atomic E-state index is 0. The van der Waals surface area contributed by atoms with E-state index >= 15 is 0 Å². The molecule has 0 saturated heterocycles. The highest BCUT2D eigenvalue weighted by atomic mass is 19.1. The van der Waals surface area contributed by atoms with Gasteiger partial charge in [0.2, 0.25) is 0 Å². The average molecular weight is 144 g/mol. The van der Waals surface area contributed by atoms with Crippen molar-refractivity contribution in [2.45, 2.75) is 13.8 Å². The summed E-state index contributed by atoms with van der Waals surface area (Å²) in [7, 11) is 0. The van der Waals surface area contributed by atoms with E-state index in [1.807, 2.05) is 13.0 Å². The lowest BCUT2D eigenvalue weighted by molar-refractivity contribution is 0.617. The monoisotopic (exact) mass is 144 g/mol. The van der Waals surface area contributed by atoms with Gasteiger partial charge in [-0.05, 0) is 31.0 Å². The number of rotatable bonds is 0. The predicted octanol–water partition coefficient (Wildman–Crippen LogP) is 2.60. The Kier molecular flexibility index (Phi) is 3.00. The highest BCUT2D eigenvalue weighted by molar-refractivity contribution is 5.21. The van der Waals surface area contributed by atoms with Crippen molar-refractivity contribution in [2.24, 2.45) is 0 Å². The summed E-state index contributed by atoms with van der Waals surface area (Å²) in [5.41, 5.74) is 1.68. The number of hydrogen-bond donors (Lipinski definition) is 0. The summed E-state index contributed by atoms with van der Waals surface area (Å²) in [4.78, 5) is 0. The van der Waals surface area contributed by atoms with E-state index in [1.54, 1.807) is 13.0 Å². The van der Waals surface area contributed by atoms with Gasteiger partial charge in [-0.3, -0.25) is 4.70 Å². The van der Waals surface area contributed by atoms with E-state index in [4.69, 9.17) is 0 Å². The van der Waals surface area contributed by atoms with Crippen LogP contribution < -0.4 is 0 Å². The van der Waals surface area contributed by atoms with Crippen LogP contribution in [0.3, 0.4) is 0 Å². The van der Waals surface area contributed by atoms with Crippen molar-refractivity contribution in [3.8, 4) is 0 Å². The summed E-state index contributed by atoms with van der Waals surface area (Å²) in [6.07, 6.45) is 0. The van der Waals surface area contributed by atoms with Gasteiger partial charge >= 0.3 is 0 Å². The van der Waals surface area contributed by atoms with Crippen LogP contribution in [-0.2, 0) is 0 Å². The zero-order chi connectivity index (χ0) is 6.85. The summed E-state index contributed by atoms with van der Waals surface area (Å²) in [5.74, 6) is -0.116. The molecule has 2 heteroatoms. The second kappa shape index (κ2) is 3.30. The fourth-order valence-electron chi connectivity index (χ4n) is 0.698. The first-order valence-electron chi connectivity index (χ1n) is 2.93. The molecule has 0 heterocycles. The van der Waals surface area contributed by atoms with Crippen LogP contribution in [0, 0.1) is 19.7 Å². The van der Waals surface area contributed by atoms with E-state index < -0.39 is 0 Å². The van der Waals surface area contributed by atoms with Crippen LogP contribution in [0.15, 0.2) is 18.2 Å². The van der Waals surface area contributed by atoms with Crippen molar-refractivity contribution in [2.75, 3.05) is 0 Å². The van der Waals surface area contributed by atoms with E-state index in [-0.39, 0.29) is 10.5 Å². The van der Waals surface area contributed by atoms with E-state index in [1.165, 1.54) is 6.07 Å². The van der Waals surface area contributed by atoms with E-state index in [0.29, 0.717) is 5.56 Å². The first-order chi connectivity index (χ1) is 4.20. The quantitative estimate of drug-likeness (QED) is 0.525. The fourth-order valence-corrected chi connectivity index (χ4v) is 0.698. The van der Waals surface area contributed by atoms with Gasteiger partial charge in [-0.15, -0.1) is 0 Å². The molecule has 0 bridgehead atoms. The van der Waals surface area contributed by atoms with Crippen LogP contribution in [0.2, 0.25) is 0 Å². The smallest absolute Gasteiger partial charge is 0.126 e. The molecular weight excluding hydrogens is 134 g/mol. The summed E-state index contributed by atoms with van der Waals surface area (Å²) < 4.78 is 12.6. The third-order valence-corrected chi connectivity index (χ3v) is 1.33. The molecule has 0 aliphatic heterocycles. The van der Waals surface area contributed by atoms with Gasteiger partial charge in [0.05, 0.1) is 0 Å². The zero-order valence-corrected chi connectivity index (χ0v) is 6.02.